The van der Waals surface area contributed by atoms with Gasteiger partial charge in [0.25, 0.3) is 0 Å². The lowest BCUT2D eigenvalue weighted by atomic mass is 10.1. The number of H-pyrrole nitrogens is 1. The van der Waals surface area contributed by atoms with E-state index in [1.54, 1.807) is 18.2 Å². The molecule has 1 aliphatic heterocycles. The van der Waals surface area contributed by atoms with Crippen molar-refractivity contribution in [2.24, 2.45) is 0 Å². The summed E-state index contributed by atoms with van der Waals surface area (Å²) in [6, 6.07) is 10.1. The van der Waals surface area contributed by atoms with Gasteiger partial charge in [-0.15, -0.1) is 0 Å². The summed E-state index contributed by atoms with van der Waals surface area (Å²) in [4.78, 5) is 0.325. The van der Waals surface area contributed by atoms with Crippen molar-refractivity contribution < 1.29 is 8.42 Å². The molecule has 0 spiro atoms. The lowest BCUT2D eigenvalue weighted by Gasteiger charge is -2.31. The molecular weight excluding hydrogens is 318 g/mol. The molecule has 1 unspecified atom stereocenters. The maximum atomic E-state index is 12.9. The summed E-state index contributed by atoms with van der Waals surface area (Å²) < 4.78 is 27.4. The van der Waals surface area contributed by atoms with Gasteiger partial charge in [0.1, 0.15) is 4.90 Å². The van der Waals surface area contributed by atoms with Crippen LogP contribution in [0.5, 0.6) is 0 Å². The van der Waals surface area contributed by atoms with Crippen molar-refractivity contribution in [3.63, 3.8) is 0 Å². The summed E-state index contributed by atoms with van der Waals surface area (Å²) in [5, 5.41) is 6.96. The van der Waals surface area contributed by atoms with E-state index in [0.717, 1.165) is 5.75 Å². The number of rotatable bonds is 3. The smallest absolute Gasteiger partial charge is 0.246 e. The van der Waals surface area contributed by atoms with Gasteiger partial charge in [0.15, 0.2) is 0 Å². The molecule has 2 aromatic rings. The van der Waals surface area contributed by atoms with Gasteiger partial charge in [-0.05, 0) is 19.4 Å². The van der Waals surface area contributed by atoms with Crippen molar-refractivity contribution >= 4 is 21.8 Å². The van der Waals surface area contributed by atoms with Crippen molar-refractivity contribution in [1.82, 2.24) is 14.5 Å². The van der Waals surface area contributed by atoms with Crippen LogP contribution in [-0.2, 0) is 10.0 Å². The predicted octanol–water partition coefficient (Wildman–Crippen LogP) is 2.51. The monoisotopic (exact) mass is 337 g/mol. The van der Waals surface area contributed by atoms with E-state index in [4.69, 9.17) is 0 Å². The lowest BCUT2D eigenvalue weighted by molar-refractivity contribution is 0.420. The number of nitrogens with zero attached hydrogens (tertiary/aromatic N) is 2. The van der Waals surface area contributed by atoms with Gasteiger partial charge in [0.2, 0.25) is 10.0 Å². The number of aryl methyl sites for hydroxylation is 2. The minimum atomic E-state index is -3.49. The number of benzene rings is 1. The molecule has 7 heteroatoms. The van der Waals surface area contributed by atoms with E-state index in [0.29, 0.717) is 29.4 Å². The number of hydrogen-bond donors (Lipinski definition) is 1. The molecule has 0 radical (unpaired) electrons. The Morgan fingerprint density at radius 2 is 2.00 bits per heavy atom. The van der Waals surface area contributed by atoms with Crippen LogP contribution in [0.25, 0.3) is 0 Å². The Balaban J connectivity index is 1.89. The molecule has 0 aliphatic carbocycles. The molecule has 1 aromatic carbocycles. The van der Waals surface area contributed by atoms with E-state index < -0.39 is 10.0 Å². The Labute approximate surface area is 135 Å². The highest BCUT2D eigenvalue weighted by atomic mass is 32.2. The highest BCUT2D eigenvalue weighted by molar-refractivity contribution is 7.99. The Kier molecular flexibility index (Phi) is 4.29. The largest absolute Gasteiger partial charge is 0.281 e. The molecule has 22 heavy (non-hydrogen) atoms. The summed E-state index contributed by atoms with van der Waals surface area (Å²) in [5.41, 5.74) is 2.31. The minimum absolute atomic E-state index is 0.178. The van der Waals surface area contributed by atoms with Crippen molar-refractivity contribution in [1.29, 1.82) is 0 Å². The van der Waals surface area contributed by atoms with Crippen LogP contribution in [-0.4, -0.2) is 41.8 Å². The minimum Gasteiger partial charge on any atom is -0.281 e. The topological polar surface area (TPSA) is 66.1 Å². The second kappa shape index (κ2) is 6.06. The van der Waals surface area contributed by atoms with E-state index in [2.05, 4.69) is 22.3 Å². The van der Waals surface area contributed by atoms with Gasteiger partial charge in [-0.25, -0.2) is 8.42 Å². The molecular formula is C15H19N3O2S2. The molecule has 0 bridgehead atoms. The highest BCUT2D eigenvalue weighted by Crippen LogP contribution is 2.35. The van der Waals surface area contributed by atoms with Gasteiger partial charge in [-0.1, -0.05) is 30.3 Å². The normalized spacial score (nSPS) is 20.2. The van der Waals surface area contributed by atoms with Crippen LogP contribution >= 0.6 is 11.8 Å². The third-order valence-corrected chi connectivity index (χ3v) is 7.23. The predicted molar refractivity (Wildman–Crippen MR) is 88.5 cm³/mol. The second-order valence-electron chi connectivity index (χ2n) is 5.40. The van der Waals surface area contributed by atoms with E-state index >= 15 is 0 Å². The molecule has 0 amide bonds. The molecule has 2 heterocycles. The summed E-state index contributed by atoms with van der Waals surface area (Å²) in [7, 11) is -3.49. The Morgan fingerprint density at radius 3 is 2.64 bits per heavy atom. The molecule has 118 valence electrons. The number of nitrogens with one attached hydrogen (secondary N) is 1. The number of thioether (sulfide) groups is 1. The van der Waals surface area contributed by atoms with Gasteiger partial charge in [-0.3, -0.25) is 5.10 Å². The van der Waals surface area contributed by atoms with Gasteiger partial charge >= 0.3 is 0 Å². The summed E-state index contributed by atoms with van der Waals surface area (Å²) >= 11 is 1.81. The quantitative estimate of drug-likeness (QED) is 0.934. The Morgan fingerprint density at radius 1 is 1.27 bits per heavy atom. The number of aromatic amines is 1. The first-order chi connectivity index (χ1) is 10.5. The van der Waals surface area contributed by atoms with Crippen LogP contribution in [0.15, 0.2) is 35.2 Å². The number of sulfonamides is 1. The van der Waals surface area contributed by atoms with Gasteiger partial charge in [0, 0.05) is 24.1 Å². The molecule has 1 fully saturated rings. The Hall–Kier alpha value is -1.31. The van der Waals surface area contributed by atoms with Crippen molar-refractivity contribution in [3.8, 4) is 0 Å². The maximum Gasteiger partial charge on any atom is 0.246 e. The third-order valence-electron chi connectivity index (χ3n) is 3.86. The highest BCUT2D eigenvalue weighted by Gasteiger charge is 2.34. The zero-order chi connectivity index (χ0) is 15.7. The third kappa shape index (κ3) is 2.80. The molecule has 1 atom stereocenters. The first-order valence-corrected chi connectivity index (χ1v) is 9.67. The van der Waals surface area contributed by atoms with Crippen molar-refractivity contribution in [2.45, 2.75) is 24.0 Å². The SMILES string of the molecule is Cc1n[nH]c(C)c1S(=O)(=O)N1CCSC(c2ccccc2)C1. The van der Waals surface area contributed by atoms with Crippen molar-refractivity contribution in [2.75, 3.05) is 18.8 Å². The van der Waals surface area contributed by atoms with Crippen molar-refractivity contribution in [3.05, 3.63) is 47.3 Å². The van der Waals surface area contributed by atoms with E-state index in [1.165, 1.54) is 5.56 Å². The fourth-order valence-corrected chi connectivity index (χ4v) is 6.01. The number of hydrogen-bond acceptors (Lipinski definition) is 4. The fraction of sp³-hybridized carbons (Fsp3) is 0.400. The molecule has 5 nitrogen and oxygen atoms in total. The zero-order valence-corrected chi connectivity index (χ0v) is 14.2. The van der Waals surface area contributed by atoms with Gasteiger partial charge < -0.3 is 0 Å². The average Bonchev–Trinajstić information content (AvgIpc) is 2.88. The summed E-state index contributed by atoms with van der Waals surface area (Å²) in [6.45, 7) is 4.52. The first-order valence-electron chi connectivity index (χ1n) is 7.18. The molecule has 0 saturated carbocycles. The average molecular weight is 337 g/mol. The summed E-state index contributed by atoms with van der Waals surface area (Å²) in [5.74, 6) is 0.800. The standard InChI is InChI=1S/C15H19N3O2S2/c1-11-15(12(2)17-16-11)22(19,20)18-8-9-21-14(10-18)13-6-4-3-5-7-13/h3-7,14H,8-10H2,1-2H3,(H,16,17). The molecule has 3 rings (SSSR count). The number of aromatic nitrogens is 2. The van der Waals surface area contributed by atoms with E-state index in [1.807, 2.05) is 30.0 Å². The van der Waals surface area contributed by atoms with Crippen LogP contribution in [0.2, 0.25) is 0 Å². The molecule has 1 N–H and O–H groups in total. The van der Waals surface area contributed by atoms with Crippen LogP contribution < -0.4 is 0 Å². The van der Waals surface area contributed by atoms with Crippen LogP contribution in [0.4, 0.5) is 0 Å². The molecule has 1 aliphatic rings. The van der Waals surface area contributed by atoms with Gasteiger partial charge in [0.05, 0.1) is 11.4 Å². The second-order valence-corrected chi connectivity index (χ2v) is 8.58. The van der Waals surface area contributed by atoms with Gasteiger partial charge in [-0.2, -0.15) is 21.2 Å². The van der Waals surface area contributed by atoms with Crippen LogP contribution in [0, 0.1) is 13.8 Å². The first kappa shape index (κ1) is 15.6. The van der Waals surface area contributed by atoms with E-state index in [-0.39, 0.29) is 5.25 Å². The van der Waals surface area contributed by atoms with Crippen LogP contribution in [0.1, 0.15) is 22.2 Å². The lowest BCUT2D eigenvalue weighted by Crippen LogP contribution is -2.39. The molecule has 1 saturated heterocycles. The fourth-order valence-electron chi connectivity index (χ4n) is 2.76. The maximum absolute atomic E-state index is 12.9. The molecule has 1 aromatic heterocycles. The Bertz CT molecular complexity index is 737. The van der Waals surface area contributed by atoms with E-state index in [9.17, 15) is 8.42 Å². The summed E-state index contributed by atoms with van der Waals surface area (Å²) in [6.07, 6.45) is 0. The van der Waals surface area contributed by atoms with Crippen LogP contribution in [0.3, 0.4) is 0 Å². The zero-order valence-electron chi connectivity index (χ0n) is 12.6.